The van der Waals surface area contributed by atoms with Crippen molar-refractivity contribution in [3.05, 3.63) is 118 Å². The van der Waals surface area contributed by atoms with Crippen molar-refractivity contribution in [2.75, 3.05) is 0 Å². The van der Waals surface area contributed by atoms with Crippen LogP contribution in [0.25, 0.3) is 10.8 Å². The van der Waals surface area contributed by atoms with Crippen LogP contribution in [0.4, 0.5) is 0 Å². The maximum atomic E-state index is 12.0. The highest BCUT2D eigenvalue weighted by molar-refractivity contribution is 7.30. The zero-order valence-corrected chi connectivity index (χ0v) is 22.3. The van der Waals surface area contributed by atoms with E-state index in [1.165, 1.54) is 12.8 Å². The lowest BCUT2D eigenvalue weighted by molar-refractivity contribution is -0.197. The van der Waals surface area contributed by atoms with Gasteiger partial charge in [-0.25, -0.2) is 0 Å². The summed E-state index contributed by atoms with van der Waals surface area (Å²) in [6, 6.07) is 28.5. The molecular formula is C29H29Cl2O3P. The average Bonchev–Trinajstić information content (AvgIpc) is 2.86. The minimum Gasteiger partial charge on any atom is -0.566 e. The van der Waals surface area contributed by atoms with Crippen molar-refractivity contribution in [3.63, 3.8) is 0 Å². The Hall–Kier alpha value is -2.26. The fourth-order valence-corrected chi connectivity index (χ4v) is 4.76. The molecule has 0 aromatic heterocycles. The molecule has 6 heteroatoms. The van der Waals surface area contributed by atoms with Crippen LogP contribution in [0.2, 0.25) is 10.0 Å². The monoisotopic (exact) mass is 526 g/mol. The summed E-state index contributed by atoms with van der Waals surface area (Å²) in [5.74, 6) is 0. The Balaban J connectivity index is 0.000000795. The van der Waals surface area contributed by atoms with Crippen molar-refractivity contribution in [3.8, 4) is 0 Å². The van der Waals surface area contributed by atoms with Crippen LogP contribution < -0.4 is 4.89 Å². The number of fused-ring (bicyclic) bond motifs is 1. The number of hydrogen-bond donors (Lipinski definition) is 0. The molecule has 35 heavy (non-hydrogen) atoms. The smallest absolute Gasteiger partial charge is 0.489 e. The third-order valence-corrected chi connectivity index (χ3v) is 6.84. The Bertz CT molecular complexity index is 1190. The normalized spacial score (nSPS) is 11.6. The lowest BCUT2D eigenvalue weighted by Crippen LogP contribution is -2.34. The Kier molecular flexibility index (Phi) is 10.3. The predicted octanol–water partition coefficient (Wildman–Crippen LogP) is 8.67. The van der Waals surface area contributed by atoms with E-state index in [1.807, 2.05) is 66.7 Å². The van der Waals surface area contributed by atoms with Gasteiger partial charge in [0.15, 0.2) is 5.60 Å². The standard InChI is InChI=1S/C25H19Cl2O3P.C4H10/c26-21-12-8-18(9-13-21)16-25(30-31(28)29,17-19-10-14-22(27)15-11-19)24-7-3-5-20-4-1-2-6-23(20)24;1-3-4-2/h1-15H,16-17H2;3-4H2,1-2H3. The van der Waals surface area contributed by atoms with Crippen LogP contribution in [0.1, 0.15) is 43.4 Å². The van der Waals surface area contributed by atoms with Gasteiger partial charge in [-0.3, -0.25) is 0 Å². The fraction of sp³-hybridized carbons (Fsp3) is 0.241. The molecule has 0 radical (unpaired) electrons. The molecule has 0 heterocycles. The van der Waals surface area contributed by atoms with Crippen LogP contribution in [0, 0.1) is 0 Å². The van der Waals surface area contributed by atoms with Crippen molar-refractivity contribution >= 4 is 42.2 Å². The summed E-state index contributed by atoms with van der Waals surface area (Å²) in [5.41, 5.74) is 1.51. The maximum absolute atomic E-state index is 12.0. The van der Waals surface area contributed by atoms with E-state index in [0.29, 0.717) is 22.9 Å². The van der Waals surface area contributed by atoms with Crippen molar-refractivity contribution in [1.82, 2.24) is 0 Å². The fourth-order valence-electron chi connectivity index (χ4n) is 4.00. The van der Waals surface area contributed by atoms with Gasteiger partial charge in [0, 0.05) is 22.9 Å². The van der Waals surface area contributed by atoms with Crippen LogP contribution in [0.5, 0.6) is 0 Å². The molecule has 0 N–H and O–H groups in total. The van der Waals surface area contributed by atoms with E-state index in [2.05, 4.69) is 13.8 Å². The van der Waals surface area contributed by atoms with Gasteiger partial charge in [-0.2, -0.15) is 0 Å². The zero-order chi connectivity index (χ0) is 25.3. The summed E-state index contributed by atoms with van der Waals surface area (Å²) in [7, 11) is -3.12. The summed E-state index contributed by atoms with van der Waals surface area (Å²) in [4.78, 5) is 12.0. The van der Waals surface area contributed by atoms with E-state index < -0.39 is 13.9 Å². The van der Waals surface area contributed by atoms with Gasteiger partial charge in [0.2, 0.25) is 0 Å². The van der Waals surface area contributed by atoms with Gasteiger partial charge in [0.05, 0.1) is 0 Å². The second-order valence-corrected chi connectivity index (χ2v) is 9.95. The van der Waals surface area contributed by atoms with E-state index >= 15 is 0 Å². The van der Waals surface area contributed by atoms with Crippen molar-refractivity contribution in [1.29, 1.82) is 0 Å². The number of unbranched alkanes of at least 4 members (excludes halogenated alkanes) is 1. The van der Waals surface area contributed by atoms with Crippen LogP contribution in [-0.4, -0.2) is 0 Å². The molecule has 4 aromatic carbocycles. The molecule has 1 unspecified atom stereocenters. The minimum absolute atomic E-state index is 0.351. The SMILES string of the molecule is CCCC.O=[P+]([O-])OC(Cc1ccc(Cl)cc1)(Cc1ccc(Cl)cc1)c1cccc2ccccc12. The summed E-state index contributed by atoms with van der Waals surface area (Å²) in [6.07, 6.45) is 3.34. The average molecular weight is 527 g/mol. The molecule has 1 atom stereocenters. The largest absolute Gasteiger partial charge is 0.566 e. The van der Waals surface area contributed by atoms with E-state index in [4.69, 9.17) is 27.7 Å². The van der Waals surface area contributed by atoms with Crippen LogP contribution >= 0.6 is 31.5 Å². The van der Waals surface area contributed by atoms with E-state index in [-0.39, 0.29) is 0 Å². The molecule has 0 aliphatic heterocycles. The molecule has 0 saturated heterocycles. The predicted molar refractivity (Wildman–Crippen MR) is 145 cm³/mol. The summed E-state index contributed by atoms with van der Waals surface area (Å²) >= 11 is 12.1. The van der Waals surface area contributed by atoms with Crippen LogP contribution in [-0.2, 0) is 27.5 Å². The quantitative estimate of drug-likeness (QED) is 0.216. The highest BCUT2D eigenvalue weighted by Crippen LogP contribution is 2.42. The lowest BCUT2D eigenvalue weighted by Gasteiger charge is -2.31. The van der Waals surface area contributed by atoms with Gasteiger partial charge in [0.1, 0.15) is 0 Å². The van der Waals surface area contributed by atoms with Gasteiger partial charge in [0.25, 0.3) is 0 Å². The minimum atomic E-state index is -3.12. The Morgan fingerprint density at radius 1 is 0.743 bits per heavy atom. The van der Waals surface area contributed by atoms with Crippen molar-refractivity contribution in [2.45, 2.75) is 45.1 Å². The second-order valence-electron chi connectivity index (χ2n) is 8.44. The molecule has 0 aliphatic carbocycles. The molecule has 0 amide bonds. The maximum Gasteiger partial charge on any atom is 0.489 e. The highest BCUT2D eigenvalue weighted by Gasteiger charge is 2.41. The highest BCUT2D eigenvalue weighted by atomic mass is 35.5. The number of rotatable bonds is 8. The molecule has 0 fully saturated rings. The summed E-state index contributed by atoms with van der Waals surface area (Å²) in [6.45, 7) is 4.36. The van der Waals surface area contributed by atoms with Gasteiger partial charge >= 0.3 is 8.25 Å². The number of hydrogen-bond acceptors (Lipinski definition) is 3. The molecule has 0 saturated carbocycles. The van der Waals surface area contributed by atoms with Crippen molar-refractivity contribution in [2.24, 2.45) is 0 Å². The Morgan fingerprint density at radius 2 is 1.23 bits per heavy atom. The molecular weight excluding hydrogens is 498 g/mol. The number of halogens is 2. The molecule has 4 aromatic rings. The zero-order valence-electron chi connectivity index (χ0n) is 19.9. The molecule has 0 aliphatic rings. The van der Waals surface area contributed by atoms with E-state index in [1.54, 1.807) is 24.3 Å². The van der Waals surface area contributed by atoms with Crippen LogP contribution in [0.15, 0.2) is 91.0 Å². The third-order valence-electron chi connectivity index (χ3n) is 5.84. The lowest BCUT2D eigenvalue weighted by atomic mass is 9.80. The van der Waals surface area contributed by atoms with Gasteiger partial charge in [-0.1, -0.05) is 117 Å². The first-order chi connectivity index (χ1) is 16.9. The Morgan fingerprint density at radius 3 is 1.71 bits per heavy atom. The first-order valence-electron chi connectivity index (χ1n) is 11.7. The van der Waals surface area contributed by atoms with Gasteiger partial charge in [-0.15, -0.1) is 4.52 Å². The first kappa shape index (κ1) is 27.3. The Labute approximate surface area is 218 Å². The third kappa shape index (κ3) is 7.61. The molecule has 4 rings (SSSR count). The molecule has 3 nitrogen and oxygen atoms in total. The first-order valence-corrected chi connectivity index (χ1v) is 13.5. The number of benzene rings is 4. The summed E-state index contributed by atoms with van der Waals surface area (Å²) in [5, 5.41) is 3.20. The van der Waals surface area contributed by atoms with E-state index in [9.17, 15) is 9.46 Å². The topological polar surface area (TPSA) is 49.4 Å². The van der Waals surface area contributed by atoms with Crippen molar-refractivity contribution < 1.29 is 14.0 Å². The molecule has 182 valence electrons. The van der Waals surface area contributed by atoms with Gasteiger partial charge in [-0.05, 0) is 56.3 Å². The van der Waals surface area contributed by atoms with E-state index in [0.717, 1.165) is 27.5 Å². The summed E-state index contributed by atoms with van der Waals surface area (Å²) < 4.78 is 17.8. The van der Waals surface area contributed by atoms with Gasteiger partial charge < -0.3 is 4.89 Å². The van der Waals surface area contributed by atoms with Crippen LogP contribution in [0.3, 0.4) is 0 Å². The second kappa shape index (κ2) is 13.2. The molecule has 0 bridgehead atoms. The molecule has 0 spiro atoms.